The monoisotopic (exact) mass is 313 g/mol. The van der Waals surface area contributed by atoms with Crippen LogP contribution in [0.15, 0.2) is 29.6 Å². The van der Waals surface area contributed by atoms with E-state index in [-0.39, 0.29) is 5.41 Å². The zero-order valence-electron chi connectivity index (χ0n) is 13.7. The van der Waals surface area contributed by atoms with Crippen molar-refractivity contribution in [2.45, 2.75) is 46.1 Å². The number of benzene rings is 1. The van der Waals surface area contributed by atoms with E-state index in [1.807, 2.05) is 0 Å². The quantitative estimate of drug-likeness (QED) is 0.779. The number of hydrogen-bond donors (Lipinski definition) is 1. The molecule has 0 saturated carbocycles. The molecule has 0 fully saturated rings. The minimum atomic E-state index is 0.0756. The van der Waals surface area contributed by atoms with Crippen LogP contribution in [0.25, 0.3) is 16.2 Å². The molecule has 3 nitrogen and oxygen atoms in total. The third kappa shape index (κ3) is 2.46. The predicted octanol–water partition coefficient (Wildman–Crippen LogP) is 4.38. The van der Waals surface area contributed by atoms with E-state index in [1.165, 1.54) is 11.3 Å². The number of aromatic nitrogens is 2. The molecule has 0 aliphatic rings. The highest BCUT2D eigenvalue weighted by Gasteiger charge is 2.23. The Morgan fingerprint density at radius 1 is 1.18 bits per heavy atom. The van der Waals surface area contributed by atoms with Gasteiger partial charge in [0.15, 0.2) is 4.96 Å². The second-order valence-electron chi connectivity index (χ2n) is 6.65. The predicted molar refractivity (Wildman–Crippen MR) is 94.5 cm³/mol. The van der Waals surface area contributed by atoms with Gasteiger partial charge in [0.2, 0.25) is 0 Å². The third-order valence-corrected chi connectivity index (χ3v) is 4.88. The van der Waals surface area contributed by atoms with Gasteiger partial charge in [0.25, 0.3) is 0 Å². The number of rotatable bonds is 3. The molecule has 0 aliphatic heterocycles. The van der Waals surface area contributed by atoms with Gasteiger partial charge in [-0.3, -0.25) is 4.40 Å². The van der Waals surface area contributed by atoms with Crippen molar-refractivity contribution in [1.82, 2.24) is 9.38 Å². The first-order valence-corrected chi connectivity index (χ1v) is 8.62. The van der Waals surface area contributed by atoms with Crippen LogP contribution in [0.1, 0.15) is 44.6 Å². The van der Waals surface area contributed by atoms with Crippen LogP contribution in [-0.2, 0) is 18.4 Å². The minimum Gasteiger partial charge on any atom is -0.325 e. The Labute approximate surface area is 135 Å². The van der Waals surface area contributed by atoms with Gasteiger partial charge in [0.05, 0.1) is 11.4 Å². The van der Waals surface area contributed by atoms with Crippen LogP contribution in [0.2, 0.25) is 0 Å². The van der Waals surface area contributed by atoms with E-state index in [0.29, 0.717) is 6.54 Å². The topological polar surface area (TPSA) is 43.3 Å². The van der Waals surface area contributed by atoms with Crippen molar-refractivity contribution < 1.29 is 0 Å². The highest BCUT2D eigenvalue weighted by atomic mass is 32.1. The van der Waals surface area contributed by atoms with Crippen molar-refractivity contribution in [3.05, 3.63) is 46.6 Å². The van der Waals surface area contributed by atoms with Crippen molar-refractivity contribution in [2.75, 3.05) is 0 Å². The van der Waals surface area contributed by atoms with E-state index in [2.05, 4.69) is 61.7 Å². The molecule has 3 aromatic rings. The van der Waals surface area contributed by atoms with E-state index in [0.717, 1.165) is 28.3 Å². The Balaban J connectivity index is 2.20. The van der Waals surface area contributed by atoms with Gasteiger partial charge in [0.1, 0.15) is 0 Å². The van der Waals surface area contributed by atoms with Crippen molar-refractivity contribution in [3.8, 4) is 11.3 Å². The zero-order chi connectivity index (χ0) is 15.9. The molecule has 2 heterocycles. The maximum absolute atomic E-state index is 6.07. The third-order valence-electron chi connectivity index (χ3n) is 4.06. The minimum absolute atomic E-state index is 0.0756. The van der Waals surface area contributed by atoms with Crippen molar-refractivity contribution >= 4 is 16.3 Å². The van der Waals surface area contributed by atoms with Crippen LogP contribution in [0.4, 0.5) is 0 Å². The van der Waals surface area contributed by atoms with Crippen LogP contribution >= 0.6 is 11.3 Å². The Kier molecular flexibility index (Phi) is 3.83. The summed E-state index contributed by atoms with van der Waals surface area (Å²) in [7, 11) is 0. The summed E-state index contributed by atoms with van der Waals surface area (Å²) in [5.74, 6) is 0. The van der Waals surface area contributed by atoms with Gasteiger partial charge in [-0.25, -0.2) is 4.98 Å². The summed E-state index contributed by atoms with van der Waals surface area (Å²) in [4.78, 5) is 5.87. The van der Waals surface area contributed by atoms with Gasteiger partial charge in [-0.15, -0.1) is 11.3 Å². The van der Waals surface area contributed by atoms with E-state index in [1.54, 1.807) is 11.3 Å². The lowest BCUT2D eigenvalue weighted by Gasteiger charge is -2.18. The Morgan fingerprint density at radius 3 is 2.41 bits per heavy atom. The van der Waals surface area contributed by atoms with Gasteiger partial charge >= 0.3 is 0 Å². The molecule has 0 amide bonds. The molecule has 0 unspecified atom stereocenters. The Bertz CT molecular complexity index is 788. The van der Waals surface area contributed by atoms with Gasteiger partial charge < -0.3 is 5.73 Å². The zero-order valence-corrected chi connectivity index (χ0v) is 14.5. The van der Waals surface area contributed by atoms with Gasteiger partial charge in [0, 0.05) is 28.6 Å². The maximum atomic E-state index is 6.07. The molecule has 1 aromatic carbocycles. The molecule has 0 atom stereocenters. The molecule has 2 N–H and O–H groups in total. The number of hydrogen-bond acceptors (Lipinski definition) is 3. The van der Waals surface area contributed by atoms with Gasteiger partial charge in [-0.05, 0) is 12.0 Å². The summed E-state index contributed by atoms with van der Waals surface area (Å²) >= 11 is 1.69. The largest absolute Gasteiger partial charge is 0.325 e. The van der Waals surface area contributed by atoms with Crippen LogP contribution in [0.3, 0.4) is 0 Å². The molecule has 2 aromatic heterocycles. The number of fused-ring (bicyclic) bond motifs is 1. The fourth-order valence-corrected chi connectivity index (χ4v) is 3.88. The summed E-state index contributed by atoms with van der Waals surface area (Å²) in [5.41, 5.74) is 12.0. The molecule has 3 rings (SSSR count). The summed E-state index contributed by atoms with van der Waals surface area (Å²) in [6, 6.07) is 8.66. The first-order valence-electron chi connectivity index (χ1n) is 7.74. The van der Waals surface area contributed by atoms with Crippen molar-refractivity contribution in [2.24, 2.45) is 5.73 Å². The van der Waals surface area contributed by atoms with E-state index < -0.39 is 0 Å². The summed E-state index contributed by atoms with van der Waals surface area (Å²) in [6.07, 6.45) is 1.05. The molecule has 22 heavy (non-hydrogen) atoms. The second-order valence-corrected chi connectivity index (χ2v) is 7.49. The lowest BCUT2D eigenvalue weighted by Crippen LogP contribution is -2.16. The maximum Gasteiger partial charge on any atom is 0.194 e. The highest BCUT2D eigenvalue weighted by Crippen LogP contribution is 2.33. The van der Waals surface area contributed by atoms with Crippen LogP contribution in [-0.4, -0.2) is 9.38 Å². The number of nitrogens with zero attached hydrogens (tertiary/aromatic N) is 2. The first kappa shape index (κ1) is 15.3. The highest BCUT2D eigenvalue weighted by molar-refractivity contribution is 7.15. The average Bonchev–Trinajstić information content (AvgIpc) is 3.04. The standard InChI is InChI=1S/C18H23N3S/c1-5-12-6-8-13(9-7-12)16-14(10-19)21-15(18(2,3)4)11-22-17(21)20-16/h6-9,11H,5,10,19H2,1-4H3. The van der Waals surface area contributed by atoms with E-state index in [9.17, 15) is 0 Å². The number of nitrogens with two attached hydrogens (primary N) is 1. The van der Waals surface area contributed by atoms with Crippen molar-refractivity contribution in [1.29, 1.82) is 0 Å². The molecule has 0 bridgehead atoms. The molecule has 116 valence electrons. The average molecular weight is 313 g/mol. The Hall–Kier alpha value is -1.65. The van der Waals surface area contributed by atoms with Gasteiger partial charge in [-0.2, -0.15) is 0 Å². The van der Waals surface area contributed by atoms with Crippen LogP contribution in [0.5, 0.6) is 0 Å². The summed E-state index contributed by atoms with van der Waals surface area (Å²) in [5, 5.41) is 2.20. The summed E-state index contributed by atoms with van der Waals surface area (Å²) < 4.78 is 2.24. The molecular weight excluding hydrogens is 290 g/mol. The molecule has 4 heteroatoms. The number of imidazole rings is 1. The summed E-state index contributed by atoms with van der Waals surface area (Å²) in [6.45, 7) is 9.34. The van der Waals surface area contributed by atoms with Crippen LogP contribution in [0, 0.1) is 0 Å². The fourth-order valence-electron chi connectivity index (χ4n) is 2.75. The second kappa shape index (κ2) is 5.52. The first-order chi connectivity index (χ1) is 10.5. The Morgan fingerprint density at radius 2 is 1.86 bits per heavy atom. The molecule has 0 spiro atoms. The molecule has 0 radical (unpaired) electrons. The lowest BCUT2D eigenvalue weighted by atomic mass is 9.93. The fraction of sp³-hybridized carbons (Fsp3) is 0.389. The van der Waals surface area contributed by atoms with Crippen LogP contribution < -0.4 is 5.73 Å². The number of thiazole rings is 1. The van der Waals surface area contributed by atoms with E-state index in [4.69, 9.17) is 10.7 Å². The smallest absolute Gasteiger partial charge is 0.194 e. The number of aryl methyl sites for hydroxylation is 1. The molecule has 0 saturated heterocycles. The van der Waals surface area contributed by atoms with Crippen molar-refractivity contribution in [3.63, 3.8) is 0 Å². The van der Waals surface area contributed by atoms with Gasteiger partial charge in [-0.1, -0.05) is 52.0 Å². The molecular formula is C18H23N3S. The SMILES string of the molecule is CCc1ccc(-c2nc3scc(C(C)(C)C)n3c2CN)cc1. The normalized spacial score (nSPS) is 12.2. The lowest BCUT2D eigenvalue weighted by molar-refractivity contribution is 0.561. The molecule has 0 aliphatic carbocycles. The van der Waals surface area contributed by atoms with E-state index >= 15 is 0 Å².